The highest BCUT2D eigenvalue weighted by molar-refractivity contribution is 5.98. The van der Waals surface area contributed by atoms with Crippen molar-refractivity contribution >= 4 is 5.78 Å². The van der Waals surface area contributed by atoms with Crippen LogP contribution in [0.1, 0.15) is 21.7 Å². The fourth-order valence-corrected chi connectivity index (χ4v) is 2.01. The van der Waals surface area contributed by atoms with Gasteiger partial charge in [-0.2, -0.15) is 0 Å². The molecule has 0 saturated carbocycles. The number of rotatable bonds is 9. The highest BCUT2D eigenvalue weighted by Crippen LogP contribution is 2.10. The predicted molar refractivity (Wildman–Crippen MR) is 74.8 cm³/mol. The number of aromatic amines is 1. The molecule has 1 N–H and O–H groups in total. The summed E-state index contributed by atoms with van der Waals surface area (Å²) in [6, 6.07) is 1.91. The lowest BCUT2D eigenvalue weighted by molar-refractivity contribution is 0.0836. The van der Waals surface area contributed by atoms with Crippen molar-refractivity contribution in [3.05, 3.63) is 23.0 Å². The summed E-state index contributed by atoms with van der Waals surface area (Å²) in [5.74, 6) is 0.133. The van der Waals surface area contributed by atoms with Crippen LogP contribution in [0.5, 0.6) is 0 Å². The molecule has 0 fully saturated rings. The molecule has 0 amide bonds. The van der Waals surface area contributed by atoms with Gasteiger partial charge < -0.3 is 14.5 Å². The van der Waals surface area contributed by atoms with E-state index in [4.69, 9.17) is 9.47 Å². The lowest BCUT2D eigenvalue weighted by atomic mass is 10.1. The van der Waals surface area contributed by atoms with Gasteiger partial charge in [0.1, 0.15) is 0 Å². The first-order valence-corrected chi connectivity index (χ1v) is 6.48. The Balaban J connectivity index is 2.61. The maximum Gasteiger partial charge on any atom is 0.178 e. The van der Waals surface area contributed by atoms with E-state index in [1.165, 1.54) is 0 Å². The lowest BCUT2D eigenvalue weighted by Crippen LogP contribution is -2.35. The Hall–Kier alpha value is -1.17. The number of ketones is 1. The number of nitrogens with zero attached hydrogens (tertiary/aromatic N) is 1. The van der Waals surface area contributed by atoms with Crippen LogP contribution in [0.3, 0.4) is 0 Å². The average Bonchev–Trinajstić information content (AvgIpc) is 2.71. The number of Topliss-reactive ketones (excluding diaryl/α,β-unsaturated/α-hetero) is 1. The van der Waals surface area contributed by atoms with E-state index in [1.807, 2.05) is 19.9 Å². The number of hydrogen-bond acceptors (Lipinski definition) is 4. The topological polar surface area (TPSA) is 54.6 Å². The third-order valence-corrected chi connectivity index (χ3v) is 3.04. The first-order valence-electron chi connectivity index (χ1n) is 6.48. The molecule has 5 nitrogen and oxygen atoms in total. The predicted octanol–water partition coefficient (Wildman–Crippen LogP) is 1.41. The summed E-state index contributed by atoms with van der Waals surface area (Å²) in [5, 5.41) is 0. The summed E-state index contributed by atoms with van der Waals surface area (Å²) < 4.78 is 10.1. The van der Waals surface area contributed by atoms with Crippen molar-refractivity contribution in [1.29, 1.82) is 0 Å². The Morgan fingerprint density at radius 3 is 2.21 bits per heavy atom. The zero-order valence-electron chi connectivity index (χ0n) is 12.3. The number of aryl methyl sites for hydroxylation is 2. The van der Waals surface area contributed by atoms with Crippen LogP contribution >= 0.6 is 0 Å². The van der Waals surface area contributed by atoms with E-state index in [0.29, 0.717) is 19.8 Å². The van der Waals surface area contributed by atoms with Gasteiger partial charge in [-0.25, -0.2) is 0 Å². The standard InChI is InChI=1S/C14H24N2O3/c1-11-9-13(12(2)15-11)14(17)10-16(5-7-18-3)6-8-19-4/h9,15H,5-8,10H2,1-4H3. The first-order chi connectivity index (χ1) is 9.08. The first kappa shape index (κ1) is 15.9. The fraction of sp³-hybridized carbons (Fsp3) is 0.643. The van der Waals surface area contributed by atoms with Crippen LogP contribution in [-0.4, -0.2) is 62.7 Å². The van der Waals surface area contributed by atoms with Crippen LogP contribution < -0.4 is 0 Å². The van der Waals surface area contributed by atoms with Crippen LogP contribution in [0.4, 0.5) is 0 Å². The summed E-state index contributed by atoms with van der Waals surface area (Å²) in [4.78, 5) is 17.5. The van der Waals surface area contributed by atoms with Crippen molar-refractivity contribution in [2.24, 2.45) is 0 Å². The number of H-pyrrole nitrogens is 1. The molecular weight excluding hydrogens is 244 g/mol. The van der Waals surface area contributed by atoms with E-state index in [9.17, 15) is 4.79 Å². The second-order valence-electron chi connectivity index (χ2n) is 4.68. The van der Waals surface area contributed by atoms with Gasteiger partial charge in [0.25, 0.3) is 0 Å². The van der Waals surface area contributed by atoms with Crippen molar-refractivity contribution in [3.8, 4) is 0 Å². The molecule has 19 heavy (non-hydrogen) atoms. The second-order valence-corrected chi connectivity index (χ2v) is 4.68. The maximum atomic E-state index is 12.3. The SMILES string of the molecule is COCCN(CCOC)CC(=O)c1cc(C)[nH]c1C. The smallest absolute Gasteiger partial charge is 0.178 e. The van der Waals surface area contributed by atoms with Crippen molar-refractivity contribution in [2.45, 2.75) is 13.8 Å². The van der Waals surface area contributed by atoms with Gasteiger partial charge in [-0.3, -0.25) is 9.69 Å². The molecule has 0 radical (unpaired) electrons. The number of carbonyl (C=O) groups excluding carboxylic acids is 1. The number of nitrogens with one attached hydrogen (secondary N) is 1. The number of ether oxygens (including phenoxy) is 2. The maximum absolute atomic E-state index is 12.3. The molecular formula is C14H24N2O3. The normalized spacial score (nSPS) is 11.2. The Morgan fingerprint density at radius 1 is 1.21 bits per heavy atom. The molecule has 0 aliphatic rings. The number of carbonyl (C=O) groups is 1. The van der Waals surface area contributed by atoms with Crippen molar-refractivity contribution in [3.63, 3.8) is 0 Å². The van der Waals surface area contributed by atoms with Crippen LogP contribution in [-0.2, 0) is 9.47 Å². The minimum Gasteiger partial charge on any atom is -0.383 e. The summed E-state index contributed by atoms with van der Waals surface area (Å²) >= 11 is 0. The Kier molecular flexibility index (Phi) is 6.77. The van der Waals surface area contributed by atoms with Crippen LogP contribution in [0.25, 0.3) is 0 Å². The summed E-state index contributed by atoms with van der Waals surface area (Å²) in [6.45, 7) is 6.96. The Morgan fingerprint density at radius 2 is 1.79 bits per heavy atom. The Labute approximate surface area is 114 Å². The van der Waals surface area contributed by atoms with E-state index < -0.39 is 0 Å². The van der Waals surface area contributed by atoms with Gasteiger partial charge >= 0.3 is 0 Å². The third kappa shape index (κ3) is 5.14. The molecule has 1 aromatic heterocycles. The molecule has 0 aliphatic carbocycles. The van der Waals surface area contributed by atoms with Crippen LogP contribution in [0.15, 0.2) is 6.07 Å². The van der Waals surface area contributed by atoms with E-state index in [0.717, 1.165) is 30.0 Å². The largest absolute Gasteiger partial charge is 0.383 e. The third-order valence-electron chi connectivity index (χ3n) is 3.04. The van der Waals surface area contributed by atoms with E-state index in [2.05, 4.69) is 9.88 Å². The summed E-state index contributed by atoms with van der Waals surface area (Å²) in [7, 11) is 3.33. The monoisotopic (exact) mass is 268 g/mol. The minimum atomic E-state index is 0.133. The molecule has 108 valence electrons. The molecule has 0 aliphatic heterocycles. The molecule has 0 aromatic carbocycles. The second kappa shape index (κ2) is 8.09. The van der Waals surface area contributed by atoms with Crippen molar-refractivity contribution in [1.82, 2.24) is 9.88 Å². The van der Waals surface area contributed by atoms with Gasteiger partial charge in [0.05, 0.1) is 19.8 Å². The Bertz CT molecular complexity index is 393. The average molecular weight is 268 g/mol. The molecule has 1 rings (SSSR count). The number of aromatic nitrogens is 1. The molecule has 0 saturated heterocycles. The number of hydrogen-bond donors (Lipinski definition) is 1. The molecule has 0 bridgehead atoms. The van der Waals surface area contributed by atoms with Gasteiger partial charge in [-0.05, 0) is 19.9 Å². The number of methoxy groups -OCH3 is 2. The zero-order chi connectivity index (χ0) is 14.3. The van der Waals surface area contributed by atoms with Gasteiger partial charge in [0, 0.05) is 44.3 Å². The highest BCUT2D eigenvalue weighted by Gasteiger charge is 2.15. The summed E-state index contributed by atoms with van der Waals surface area (Å²) in [6.07, 6.45) is 0. The van der Waals surface area contributed by atoms with Crippen molar-refractivity contribution in [2.75, 3.05) is 47.1 Å². The molecule has 0 spiro atoms. The lowest BCUT2D eigenvalue weighted by Gasteiger charge is -2.20. The minimum absolute atomic E-state index is 0.133. The molecule has 1 aromatic rings. The zero-order valence-corrected chi connectivity index (χ0v) is 12.3. The molecule has 5 heteroatoms. The molecule has 0 atom stereocenters. The molecule has 1 heterocycles. The van der Waals surface area contributed by atoms with Gasteiger partial charge in [-0.1, -0.05) is 0 Å². The van der Waals surface area contributed by atoms with Gasteiger partial charge in [0.2, 0.25) is 0 Å². The van der Waals surface area contributed by atoms with E-state index in [-0.39, 0.29) is 5.78 Å². The van der Waals surface area contributed by atoms with Crippen molar-refractivity contribution < 1.29 is 14.3 Å². The van der Waals surface area contributed by atoms with Crippen LogP contribution in [0.2, 0.25) is 0 Å². The van der Waals surface area contributed by atoms with E-state index in [1.54, 1.807) is 14.2 Å². The van der Waals surface area contributed by atoms with Gasteiger partial charge in [-0.15, -0.1) is 0 Å². The highest BCUT2D eigenvalue weighted by atomic mass is 16.5. The van der Waals surface area contributed by atoms with E-state index >= 15 is 0 Å². The summed E-state index contributed by atoms with van der Waals surface area (Å²) in [5.41, 5.74) is 2.72. The van der Waals surface area contributed by atoms with Gasteiger partial charge in [0.15, 0.2) is 5.78 Å². The quantitative estimate of drug-likeness (QED) is 0.688. The molecule has 0 unspecified atom stereocenters. The fourth-order valence-electron chi connectivity index (χ4n) is 2.01. The van der Waals surface area contributed by atoms with Crippen LogP contribution in [0, 0.1) is 13.8 Å².